The number of nitrogens with zero attached hydrogens (tertiary/aromatic N) is 3. The van der Waals surface area contributed by atoms with Crippen molar-refractivity contribution in [3.8, 4) is 11.8 Å². The van der Waals surface area contributed by atoms with Crippen LogP contribution in [0.4, 0.5) is 30.6 Å². The highest BCUT2D eigenvalue weighted by Gasteiger charge is 2.35. The zero-order chi connectivity index (χ0) is 32.8. The lowest BCUT2D eigenvalue weighted by atomic mass is 10.1. The molecule has 46 heavy (non-hydrogen) atoms. The monoisotopic (exact) mass is 679 g/mol. The molecule has 5 rings (SSSR count). The zero-order valence-corrected chi connectivity index (χ0v) is 26.2. The fourth-order valence-electron chi connectivity index (χ4n) is 4.74. The fraction of sp³-hybridized carbons (Fsp3) is 0.379. The molecule has 3 heterocycles. The summed E-state index contributed by atoms with van der Waals surface area (Å²) in [5.41, 5.74) is -0.113. The van der Waals surface area contributed by atoms with Gasteiger partial charge in [-0.2, -0.15) is 18.2 Å². The van der Waals surface area contributed by atoms with Crippen molar-refractivity contribution in [2.75, 3.05) is 56.6 Å². The summed E-state index contributed by atoms with van der Waals surface area (Å²) >= 11 is 0. The van der Waals surface area contributed by atoms with Crippen molar-refractivity contribution in [3.63, 3.8) is 0 Å². The van der Waals surface area contributed by atoms with Crippen molar-refractivity contribution in [1.29, 1.82) is 0 Å². The van der Waals surface area contributed by atoms with E-state index in [0.29, 0.717) is 62.4 Å². The van der Waals surface area contributed by atoms with Crippen LogP contribution in [-0.4, -0.2) is 77.6 Å². The van der Waals surface area contributed by atoms with Crippen molar-refractivity contribution in [2.24, 2.45) is 0 Å². The molecule has 1 fully saturated rings. The molecule has 246 valence electrons. The Morgan fingerprint density at radius 3 is 2.67 bits per heavy atom. The lowest BCUT2D eigenvalue weighted by Gasteiger charge is -2.27. The molecule has 0 saturated carbocycles. The molecule has 0 atom stereocenters. The minimum atomic E-state index is -4.73. The van der Waals surface area contributed by atoms with Crippen LogP contribution in [0, 0.1) is 11.8 Å². The highest BCUT2D eigenvalue weighted by atomic mass is 32.2. The van der Waals surface area contributed by atoms with Gasteiger partial charge in [0.1, 0.15) is 5.82 Å². The molecule has 17 heteroatoms. The first-order chi connectivity index (χ1) is 21.9. The summed E-state index contributed by atoms with van der Waals surface area (Å²) in [6.07, 6.45) is -2.75. The summed E-state index contributed by atoms with van der Waals surface area (Å²) in [5.74, 6) is 6.33. The maximum Gasteiger partial charge on any atom is 0.416 e. The molecule has 3 aromatic rings. The van der Waals surface area contributed by atoms with Crippen LogP contribution < -0.4 is 20.1 Å². The van der Waals surface area contributed by atoms with Gasteiger partial charge in [0.05, 0.1) is 40.3 Å². The number of sulfonamides is 2. The molecule has 4 bridgehead atoms. The maximum atomic E-state index is 13.9. The number of halogens is 3. The van der Waals surface area contributed by atoms with Crippen molar-refractivity contribution >= 4 is 37.5 Å². The third-order valence-corrected chi connectivity index (χ3v) is 10.0. The number of aromatic nitrogens is 2. The number of rotatable bonds is 6. The molecule has 4 N–H and O–H groups in total. The van der Waals surface area contributed by atoms with E-state index in [2.05, 4.69) is 41.9 Å². The Balaban J connectivity index is 1.25. The lowest BCUT2D eigenvalue weighted by Crippen LogP contribution is -2.36. The van der Waals surface area contributed by atoms with Gasteiger partial charge in [0.25, 0.3) is 0 Å². The fourth-order valence-corrected chi connectivity index (χ4v) is 6.91. The second kappa shape index (κ2) is 14.3. The highest BCUT2D eigenvalue weighted by molar-refractivity contribution is 7.89. The van der Waals surface area contributed by atoms with Crippen molar-refractivity contribution < 1.29 is 34.7 Å². The molecule has 2 aliphatic heterocycles. The Labute approximate surface area is 265 Å². The molecule has 0 aliphatic carbocycles. The van der Waals surface area contributed by atoms with Crippen LogP contribution in [-0.2, 0) is 37.5 Å². The highest BCUT2D eigenvalue weighted by Crippen LogP contribution is 2.34. The molecule has 2 aromatic carbocycles. The molecule has 0 unspecified atom stereocenters. The SMILES string of the molecule is O=S(=O)(NCCC#Cc1cnc2nc1NCCCNS(=O)(=O)c1cccc(c1)N2)c1ccc(CN2CCOCC2)c(C(F)(F)F)c1. The predicted molar refractivity (Wildman–Crippen MR) is 164 cm³/mol. The lowest BCUT2D eigenvalue weighted by molar-refractivity contribution is -0.138. The Bertz CT molecular complexity index is 1840. The molecule has 0 spiro atoms. The van der Waals surface area contributed by atoms with E-state index in [1.54, 1.807) is 12.1 Å². The number of ether oxygens (including phenoxy) is 1. The molecule has 0 radical (unpaired) electrons. The number of benzene rings is 2. The van der Waals surface area contributed by atoms with E-state index in [9.17, 15) is 30.0 Å². The van der Waals surface area contributed by atoms with Gasteiger partial charge in [-0.3, -0.25) is 4.90 Å². The van der Waals surface area contributed by atoms with Crippen LogP contribution in [0.15, 0.2) is 58.5 Å². The summed E-state index contributed by atoms with van der Waals surface area (Å²) in [6, 6.07) is 9.27. The van der Waals surface area contributed by atoms with Gasteiger partial charge in [-0.15, -0.1) is 0 Å². The van der Waals surface area contributed by atoms with Crippen LogP contribution >= 0.6 is 0 Å². The number of hydrogen-bond acceptors (Lipinski definition) is 10. The molecule has 0 amide bonds. The van der Waals surface area contributed by atoms with Gasteiger partial charge in [-0.1, -0.05) is 24.0 Å². The average molecular weight is 680 g/mol. The smallest absolute Gasteiger partial charge is 0.379 e. The van der Waals surface area contributed by atoms with Crippen molar-refractivity contribution in [1.82, 2.24) is 24.3 Å². The van der Waals surface area contributed by atoms with Crippen molar-refractivity contribution in [3.05, 3.63) is 65.4 Å². The van der Waals surface area contributed by atoms with Gasteiger partial charge >= 0.3 is 6.18 Å². The molecular weight excluding hydrogens is 647 g/mol. The quantitative estimate of drug-likeness (QED) is 0.226. The molecule has 1 saturated heterocycles. The normalized spacial score (nSPS) is 17.2. The minimum absolute atomic E-state index is 0.00500. The van der Waals surface area contributed by atoms with Gasteiger partial charge in [-0.05, 0) is 42.3 Å². The van der Waals surface area contributed by atoms with Gasteiger partial charge in [0.15, 0.2) is 0 Å². The van der Waals surface area contributed by atoms with Gasteiger partial charge in [0, 0.05) is 51.4 Å². The van der Waals surface area contributed by atoms with E-state index in [0.717, 1.165) is 0 Å². The maximum absolute atomic E-state index is 13.9. The Morgan fingerprint density at radius 2 is 1.89 bits per heavy atom. The predicted octanol–water partition coefficient (Wildman–Crippen LogP) is 2.89. The Kier molecular flexibility index (Phi) is 10.5. The summed E-state index contributed by atoms with van der Waals surface area (Å²) in [4.78, 5) is 10.2. The topological polar surface area (TPSA) is 155 Å². The van der Waals surface area contributed by atoms with E-state index in [1.807, 2.05) is 4.90 Å². The van der Waals surface area contributed by atoms with Crippen LogP contribution in [0.3, 0.4) is 0 Å². The van der Waals surface area contributed by atoms with Crippen molar-refractivity contribution in [2.45, 2.75) is 35.4 Å². The van der Waals surface area contributed by atoms with E-state index < -0.39 is 36.7 Å². The second-order valence-electron chi connectivity index (χ2n) is 10.4. The molecule has 2 aliphatic rings. The summed E-state index contributed by atoms with van der Waals surface area (Å²) in [5, 5.41) is 6.09. The minimum Gasteiger partial charge on any atom is -0.379 e. The third kappa shape index (κ3) is 8.72. The van der Waals surface area contributed by atoms with Crippen LogP contribution in [0.2, 0.25) is 0 Å². The van der Waals surface area contributed by atoms with E-state index in [4.69, 9.17) is 4.74 Å². The first-order valence-corrected chi connectivity index (χ1v) is 17.3. The van der Waals surface area contributed by atoms with Gasteiger partial charge in [-0.25, -0.2) is 31.3 Å². The number of fused-ring (bicyclic) bond motifs is 4. The zero-order valence-electron chi connectivity index (χ0n) is 24.5. The largest absolute Gasteiger partial charge is 0.416 e. The number of hydrogen-bond donors (Lipinski definition) is 4. The molecular formula is C29H32F3N7O5S2. The summed E-state index contributed by atoms with van der Waals surface area (Å²) < 4.78 is 103. The number of anilines is 3. The molecule has 1 aromatic heterocycles. The molecule has 12 nitrogen and oxygen atoms in total. The summed E-state index contributed by atoms with van der Waals surface area (Å²) in [6.45, 7) is 2.27. The second-order valence-corrected chi connectivity index (χ2v) is 14.0. The summed E-state index contributed by atoms with van der Waals surface area (Å²) in [7, 11) is -7.94. The first kappa shape index (κ1) is 33.6. The Hall–Kier alpha value is -3.79. The standard InChI is InChI=1S/C29H32F3N7O5S2/c30-29(31,32)26-18-25(9-8-22(26)20-39-13-15-44-16-14-39)46(42,43)35-11-2-1-5-21-19-34-28-37-23-6-3-7-24(17-23)45(40,41)36-12-4-10-33-27(21)38-28/h3,6-9,17-19,35-36H,2,4,10-16,20H2,(H2,33,34,37,38). The van der Waals surface area contributed by atoms with Crippen LogP contribution in [0.5, 0.6) is 0 Å². The van der Waals surface area contributed by atoms with E-state index in [1.165, 1.54) is 30.5 Å². The number of nitrogens with one attached hydrogen (secondary N) is 4. The number of alkyl halides is 3. The van der Waals surface area contributed by atoms with Crippen LogP contribution in [0.1, 0.15) is 29.5 Å². The third-order valence-electron chi connectivity index (χ3n) is 7.09. The van der Waals surface area contributed by atoms with Crippen LogP contribution in [0.25, 0.3) is 0 Å². The van der Waals surface area contributed by atoms with Gasteiger partial charge in [0.2, 0.25) is 26.0 Å². The first-order valence-electron chi connectivity index (χ1n) is 14.4. The van der Waals surface area contributed by atoms with Gasteiger partial charge < -0.3 is 15.4 Å². The number of morpholine rings is 1. The van der Waals surface area contributed by atoms with E-state index >= 15 is 0 Å². The van der Waals surface area contributed by atoms with E-state index in [-0.39, 0.29) is 42.5 Å². The Morgan fingerprint density at radius 1 is 1.09 bits per heavy atom. The average Bonchev–Trinajstić information content (AvgIpc) is 3.02.